The second kappa shape index (κ2) is 7.52. The van der Waals surface area contributed by atoms with Crippen LogP contribution in [0, 0.1) is 0 Å². The molecule has 1 fully saturated rings. The molecule has 5 heteroatoms. The molecule has 0 aliphatic carbocycles. The molecule has 2 N–H and O–H groups in total. The minimum atomic E-state index is -0.405. The Morgan fingerprint density at radius 2 is 2.19 bits per heavy atom. The minimum absolute atomic E-state index is 0.0435. The number of nitrogens with two attached hydrogens (primary N) is 1. The molecule has 1 aromatic heterocycles. The number of carbonyl (C=O) groups excluding carboxylic acids is 1. The molecule has 0 bridgehead atoms. The van der Waals surface area contributed by atoms with E-state index in [0.29, 0.717) is 6.04 Å². The van der Waals surface area contributed by atoms with Gasteiger partial charge in [0, 0.05) is 51.0 Å². The van der Waals surface area contributed by atoms with Gasteiger partial charge in [-0.1, -0.05) is 6.07 Å². The second-order valence-electron chi connectivity index (χ2n) is 5.88. The average molecular weight is 290 g/mol. The standard InChI is InChI=1S/C16H26N4O/c1-13(17)16(21)19(2)15-7-11-20(12-8-15)10-6-14-5-3-4-9-18-14/h3-5,9,13,15H,6-8,10-12,17H2,1-2H3. The van der Waals surface area contributed by atoms with Crippen LogP contribution in [0.1, 0.15) is 25.5 Å². The summed E-state index contributed by atoms with van der Waals surface area (Å²) in [5.74, 6) is 0.0435. The van der Waals surface area contributed by atoms with Gasteiger partial charge in [0.15, 0.2) is 0 Å². The molecule has 1 aromatic rings. The normalized spacial score (nSPS) is 18.4. The fraction of sp³-hybridized carbons (Fsp3) is 0.625. The summed E-state index contributed by atoms with van der Waals surface area (Å²) in [6, 6.07) is 5.97. The highest BCUT2D eigenvalue weighted by molar-refractivity contribution is 5.81. The van der Waals surface area contributed by atoms with Crippen LogP contribution in [0.5, 0.6) is 0 Å². The Labute approximate surface area is 127 Å². The van der Waals surface area contributed by atoms with Gasteiger partial charge in [0.2, 0.25) is 5.91 Å². The van der Waals surface area contributed by atoms with Crippen molar-refractivity contribution >= 4 is 5.91 Å². The van der Waals surface area contributed by atoms with Gasteiger partial charge in [0.1, 0.15) is 0 Å². The van der Waals surface area contributed by atoms with Crippen LogP contribution in [-0.2, 0) is 11.2 Å². The van der Waals surface area contributed by atoms with E-state index in [2.05, 4.69) is 16.0 Å². The third kappa shape index (κ3) is 4.51. The zero-order valence-corrected chi connectivity index (χ0v) is 13.0. The third-order valence-electron chi connectivity index (χ3n) is 4.25. The number of piperidine rings is 1. The maximum atomic E-state index is 11.9. The predicted molar refractivity (Wildman–Crippen MR) is 83.8 cm³/mol. The SMILES string of the molecule is CC(N)C(=O)N(C)C1CCN(CCc2ccccn2)CC1. The van der Waals surface area contributed by atoms with Crippen LogP contribution in [0.25, 0.3) is 0 Å². The lowest BCUT2D eigenvalue weighted by atomic mass is 10.0. The number of likely N-dealkylation sites (N-methyl/N-ethyl adjacent to an activating group) is 1. The zero-order valence-electron chi connectivity index (χ0n) is 13.0. The molecule has 1 unspecified atom stereocenters. The molecule has 1 aliphatic rings. The second-order valence-corrected chi connectivity index (χ2v) is 5.88. The van der Waals surface area contributed by atoms with Crippen LogP contribution in [-0.4, -0.2) is 59.5 Å². The van der Waals surface area contributed by atoms with Crippen LogP contribution in [0.3, 0.4) is 0 Å². The van der Waals surface area contributed by atoms with Crippen LogP contribution in [0.15, 0.2) is 24.4 Å². The Balaban J connectivity index is 1.74. The molecule has 1 atom stereocenters. The number of aromatic nitrogens is 1. The van der Waals surface area contributed by atoms with Crippen molar-refractivity contribution in [1.82, 2.24) is 14.8 Å². The predicted octanol–water partition coefficient (Wildman–Crippen LogP) is 0.894. The Morgan fingerprint density at radius 1 is 1.48 bits per heavy atom. The largest absolute Gasteiger partial charge is 0.341 e. The van der Waals surface area contributed by atoms with Gasteiger partial charge in [-0.2, -0.15) is 0 Å². The molecule has 1 saturated heterocycles. The summed E-state index contributed by atoms with van der Waals surface area (Å²) >= 11 is 0. The molecule has 0 saturated carbocycles. The number of amides is 1. The van der Waals surface area contributed by atoms with Gasteiger partial charge in [-0.15, -0.1) is 0 Å². The maximum absolute atomic E-state index is 11.9. The van der Waals surface area contributed by atoms with Gasteiger partial charge in [-0.05, 0) is 31.9 Å². The molecular weight excluding hydrogens is 264 g/mol. The lowest BCUT2D eigenvalue weighted by Gasteiger charge is -2.37. The van der Waals surface area contributed by atoms with Gasteiger partial charge in [0.25, 0.3) is 0 Å². The number of nitrogens with zero attached hydrogens (tertiary/aromatic N) is 3. The highest BCUT2D eigenvalue weighted by Crippen LogP contribution is 2.16. The topological polar surface area (TPSA) is 62.5 Å². The molecule has 2 heterocycles. The van der Waals surface area contributed by atoms with Crippen molar-refractivity contribution < 1.29 is 4.79 Å². The molecule has 1 amide bonds. The van der Waals surface area contributed by atoms with Crippen molar-refractivity contribution in [1.29, 1.82) is 0 Å². The molecule has 0 radical (unpaired) electrons. The molecule has 2 rings (SSSR count). The summed E-state index contributed by atoms with van der Waals surface area (Å²) in [6.07, 6.45) is 4.88. The molecule has 0 aromatic carbocycles. The van der Waals surface area contributed by atoms with Gasteiger partial charge in [-0.3, -0.25) is 9.78 Å². The first-order valence-electron chi connectivity index (χ1n) is 7.72. The zero-order chi connectivity index (χ0) is 15.2. The number of pyridine rings is 1. The van der Waals surface area contributed by atoms with E-state index in [-0.39, 0.29) is 5.91 Å². The van der Waals surface area contributed by atoms with E-state index in [9.17, 15) is 4.79 Å². The number of hydrogen-bond donors (Lipinski definition) is 1. The first kappa shape index (κ1) is 15.9. The third-order valence-corrected chi connectivity index (χ3v) is 4.25. The number of hydrogen-bond acceptors (Lipinski definition) is 4. The molecule has 116 valence electrons. The average Bonchev–Trinajstić information content (AvgIpc) is 2.53. The van der Waals surface area contributed by atoms with Crippen molar-refractivity contribution in [3.63, 3.8) is 0 Å². The first-order valence-corrected chi connectivity index (χ1v) is 7.72. The summed E-state index contributed by atoms with van der Waals surface area (Å²) in [5, 5.41) is 0. The van der Waals surface area contributed by atoms with E-state index < -0.39 is 6.04 Å². The fourth-order valence-electron chi connectivity index (χ4n) is 2.85. The van der Waals surface area contributed by atoms with Crippen molar-refractivity contribution in [3.8, 4) is 0 Å². The van der Waals surface area contributed by atoms with E-state index in [1.54, 1.807) is 6.92 Å². The van der Waals surface area contributed by atoms with Crippen LogP contribution in [0.2, 0.25) is 0 Å². The molecular formula is C16H26N4O. The van der Waals surface area contributed by atoms with Gasteiger partial charge in [-0.25, -0.2) is 0 Å². The van der Waals surface area contributed by atoms with E-state index in [4.69, 9.17) is 5.73 Å². The molecule has 21 heavy (non-hydrogen) atoms. The monoisotopic (exact) mass is 290 g/mol. The van der Waals surface area contributed by atoms with Crippen molar-refractivity contribution in [2.45, 2.75) is 38.3 Å². The highest BCUT2D eigenvalue weighted by atomic mass is 16.2. The minimum Gasteiger partial charge on any atom is -0.341 e. The Kier molecular flexibility index (Phi) is 5.70. The Hall–Kier alpha value is -1.46. The highest BCUT2D eigenvalue weighted by Gasteiger charge is 2.26. The quantitative estimate of drug-likeness (QED) is 0.875. The Morgan fingerprint density at radius 3 is 2.76 bits per heavy atom. The summed E-state index contributed by atoms with van der Waals surface area (Å²) in [7, 11) is 1.87. The van der Waals surface area contributed by atoms with Crippen LogP contribution >= 0.6 is 0 Å². The van der Waals surface area contributed by atoms with Crippen molar-refractivity contribution in [2.75, 3.05) is 26.7 Å². The smallest absolute Gasteiger partial charge is 0.239 e. The number of carbonyl (C=O) groups is 1. The van der Waals surface area contributed by atoms with E-state index in [1.165, 1.54) is 0 Å². The first-order chi connectivity index (χ1) is 10.1. The maximum Gasteiger partial charge on any atom is 0.239 e. The summed E-state index contributed by atoms with van der Waals surface area (Å²) in [5.41, 5.74) is 6.82. The van der Waals surface area contributed by atoms with Crippen LogP contribution in [0.4, 0.5) is 0 Å². The van der Waals surface area contributed by atoms with Gasteiger partial charge in [0.05, 0.1) is 6.04 Å². The molecule has 0 spiro atoms. The molecule has 1 aliphatic heterocycles. The summed E-state index contributed by atoms with van der Waals surface area (Å²) < 4.78 is 0. The van der Waals surface area contributed by atoms with Crippen molar-refractivity contribution in [2.24, 2.45) is 5.73 Å². The van der Waals surface area contributed by atoms with Gasteiger partial charge < -0.3 is 15.5 Å². The van der Waals surface area contributed by atoms with E-state index in [1.807, 2.05) is 30.3 Å². The fourth-order valence-corrected chi connectivity index (χ4v) is 2.85. The number of rotatable bonds is 5. The molecule has 5 nitrogen and oxygen atoms in total. The van der Waals surface area contributed by atoms with Gasteiger partial charge >= 0.3 is 0 Å². The Bertz CT molecular complexity index is 441. The lowest BCUT2D eigenvalue weighted by molar-refractivity contribution is -0.133. The van der Waals surface area contributed by atoms with E-state index >= 15 is 0 Å². The summed E-state index contributed by atoms with van der Waals surface area (Å²) in [6.45, 7) is 4.86. The summed E-state index contributed by atoms with van der Waals surface area (Å²) in [4.78, 5) is 20.6. The van der Waals surface area contributed by atoms with E-state index in [0.717, 1.165) is 44.6 Å². The van der Waals surface area contributed by atoms with Crippen LogP contribution < -0.4 is 5.73 Å². The lowest BCUT2D eigenvalue weighted by Crippen LogP contribution is -2.49. The van der Waals surface area contributed by atoms with Crippen molar-refractivity contribution in [3.05, 3.63) is 30.1 Å². The number of likely N-dealkylation sites (tertiary alicyclic amines) is 1.